The molecule has 0 amide bonds. The van der Waals surface area contributed by atoms with E-state index in [9.17, 15) is 4.79 Å². The number of nitrogens with zero attached hydrogens (tertiary/aromatic N) is 2. The Morgan fingerprint density at radius 1 is 0.756 bits per heavy atom. The lowest BCUT2D eigenvalue weighted by atomic mass is 10.0. The first kappa shape index (κ1) is 30.7. The number of hydrogen-bond donors (Lipinski definition) is 0. The number of aryl methyl sites for hydroxylation is 1. The minimum atomic E-state index is -0.821. The van der Waals surface area contributed by atoms with Gasteiger partial charge in [0.25, 0.3) is 5.56 Å². The predicted octanol–water partition coefficient (Wildman–Crippen LogP) is 6.23. The quantitative estimate of drug-likeness (QED) is 0.157. The molecule has 1 aliphatic heterocycles. The Morgan fingerprint density at radius 2 is 1.33 bits per heavy atom. The van der Waals surface area contributed by atoms with Crippen molar-refractivity contribution in [3.8, 4) is 5.88 Å². The van der Waals surface area contributed by atoms with Crippen molar-refractivity contribution in [1.82, 2.24) is 9.38 Å². The van der Waals surface area contributed by atoms with Crippen LogP contribution < -0.4 is 10.3 Å². The molecule has 0 bridgehead atoms. The first-order valence-electron chi connectivity index (χ1n) is 15.3. The fourth-order valence-corrected chi connectivity index (χ4v) is 5.66. The molecular weight excluding hydrogens is 568 g/mol. The third-order valence-corrected chi connectivity index (χ3v) is 7.89. The molecule has 1 saturated heterocycles. The molecule has 0 saturated carbocycles. The van der Waals surface area contributed by atoms with Gasteiger partial charge >= 0.3 is 0 Å². The highest BCUT2D eigenvalue weighted by atomic mass is 16.6. The van der Waals surface area contributed by atoms with Crippen LogP contribution in [0.15, 0.2) is 114 Å². The van der Waals surface area contributed by atoms with Crippen molar-refractivity contribution in [3.63, 3.8) is 0 Å². The first-order valence-corrected chi connectivity index (χ1v) is 15.3. The van der Waals surface area contributed by atoms with E-state index in [-0.39, 0.29) is 18.0 Å². The number of fused-ring (bicyclic) bond motifs is 1. The summed E-state index contributed by atoms with van der Waals surface area (Å²) in [6.07, 6.45) is -0.846. The van der Waals surface area contributed by atoms with Crippen LogP contribution in [-0.4, -0.2) is 40.9 Å². The van der Waals surface area contributed by atoms with Gasteiger partial charge in [-0.3, -0.25) is 9.20 Å². The SMILES string of the molecule is CCOc1nc2c(C)cccn2c(=O)c1[C@@H]1O[C@H](COCc2ccccc2)[C@@H](OCc2ccccc2)[C@H]1OCc1ccccc1. The molecule has 3 aromatic carbocycles. The van der Waals surface area contributed by atoms with E-state index in [0.717, 1.165) is 22.3 Å². The van der Waals surface area contributed by atoms with Gasteiger partial charge in [0.1, 0.15) is 35.6 Å². The van der Waals surface area contributed by atoms with Gasteiger partial charge in [0.15, 0.2) is 0 Å². The second-order valence-corrected chi connectivity index (χ2v) is 11.1. The molecule has 1 aliphatic rings. The number of hydrogen-bond acceptors (Lipinski definition) is 7. The minimum Gasteiger partial charge on any atom is -0.478 e. The average Bonchev–Trinajstić information content (AvgIpc) is 3.41. The van der Waals surface area contributed by atoms with Crippen LogP contribution in [0.5, 0.6) is 5.88 Å². The van der Waals surface area contributed by atoms with Crippen molar-refractivity contribution < 1.29 is 23.7 Å². The molecule has 232 valence electrons. The highest BCUT2D eigenvalue weighted by Gasteiger charge is 2.49. The normalized spacial score (nSPS) is 19.6. The summed E-state index contributed by atoms with van der Waals surface area (Å²) < 4.78 is 33.7. The zero-order valence-electron chi connectivity index (χ0n) is 25.6. The third-order valence-electron chi connectivity index (χ3n) is 7.89. The lowest BCUT2D eigenvalue weighted by Gasteiger charge is -2.26. The van der Waals surface area contributed by atoms with E-state index in [1.807, 2.05) is 117 Å². The van der Waals surface area contributed by atoms with Crippen molar-refractivity contribution in [2.24, 2.45) is 0 Å². The van der Waals surface area contributed by atoms with E-state index in [0.29, 0.717) is 37.6 Å². The molecule has 0 radical (unpaired) electrons. The Hall–Kier alpha value is -4.34. The number of pyridine rings is 1. The molecule has 0 spiro atoms. The summed E-state index contributed by atoms with van der Waals surface area (Å²) in [6.45, 7) is 5.42. The monoisotopic (exact) mass is 606 g/mol. The first-order chi connectivity index (χ1) is 22.1. The average molecular weight is 607 g/mol. The van der Waals surface area contributed by atoms with Crippen molar-refractivity contribution in [3.05, 3.63) is 147 Å². The summed E-state index contributed by atoms with van der Waals surface area (Å²) in [4.78, 5) is 19.0. The van der Waals surface area contributed by atoms with Crippen LogP contribution in [0.3, 0.4) is 0 Å². The van der Waals surface area contributed by atoms with Gasteiger partial charge in [0.05, 0.1) is 33.0 Å². The molecule has 4 atom stereocenters. The van der Waals surface area contributed by atoms with E-state index >= 15 is 0 Å². The maximum atomic E-state index is 14.2. The summed E-state index contributed by atoms with van der Waals surface area (Å²) in [5.41, 5.74) is 4.50. The van der Waals surface area contributed by atoms with E-state index in [4.69, 9.17) is 28.7 Å². The van der Waals surface area contributed by atoms with Gasteiger partial charge in [0, 0.05) is 6.20 Å². The lowest BCUT2D eigenvalue weighted by molar-refractivity contribution is -0.0898. The van der Waals surface area contributed by atoms with Crippen molar-refractivity contribution in [2.45, 2.75) is 58.1 Å². The fraction of sp³-hybridized carbons (Fsp3) is 0.297. The molecule has 6 rings (SSSR count). The van der Waals surface area contributed by atoms with E-state index in [2.05, 4.69) is 0 Å². The number of rotatable bonds is 13. The standard InChI is InChI=1S/C37H38N2O6/c1-3-42-36-31(37(40)39-21-13-14-26(2)35(39)38-36)33-34(44-24-29-19-11-6-12-20-29)32(43-23-28-17-9-5-10-18-28)30(45-33)25-41-22-27-15-7-4-8-16-27/h4-21,30,32-34H,3,22-25H2,1-2H3/t30-,32-,33+,34-/m1/s1. The molecule has 0 unspecified atom stereocenters. The van der Waals surface area contributed by atoms with Gasteiger partial charge in [-0.2, -0.15) is 4.98 Å². The number of ether oxygens (including phenoxy) is 5. The zero-order chi connectivity index (χ0) is 31.0. The van der Waals surface area contributed by atoms with Gasteiger partial charge < -0.3 is 23.7 Å². The largest absolute Gasteiger partial charge is 0.478 e. The molecule has 0 N–H and O–H groups in total. The number of benzene rings is 3. The van der Waals surface area contributed by atoms with Crippen LogP contribution in [-0.2, 0) is 38.8 Å². The van der Waals surface area contributed by atoms with Crippen LogP contribution in [0.1, 0.15) is 40.8 Å². The molecule has 8 nitrogen and oxygen atoms in total. The van der Waals surface area contributed by atoms with Crippen LogP contribution in [0.25, 0.3) is 5.65 Å². The highest BCUT2D eigenvalue weighted by molar-refractivity contribution is 5.50. The molecule has 45 heavy (non-hydrogen) atoms. The fourth-order valence-electron chi connectivity index (χ4n) is 5.66. The van der Waals surface area contributed by atoms with E-state index in [1.54, 1.807) is 10.6 Å². The molecule has 3 heterocycles. The molecule has 5 aromatic rings. The maximum Gasteiger partial charge on any atom is 0.267 e. The summed E-state index contributed by atoms with van der Waals surface area (Å²) in [5, 5.41) is 0. The van der Waals surface area contributed by atoms with E-state index < -0.39 is 24.4 Å². The Bertz CT molecular complexity index is 1730. The zero-order valence-corrected chi connectivity index (χ0v) is 25.6. The third kappa shape index (κ3) is 7.16. The number of aromatic nitrogens is 2. The Kier molecular flexibility index (Phi) is 9.97. The molecule has 0 aliphatic carbocycles. The topological polar surface area (TPSA) is 80.5 Å². The Labute approximate surface area is 263 Å². The second kappa shape index (κ2) is 14.6. The molecule has 1 fully saturated rings. The van der Waals surface area contributed by atoms with Crippen LogP contribution in [0.2, 0.25) is 0 Å². The Balaban J connectivity index is 1.38. The summed E-state index contributed by atoms with van der Waals surface area (Å²) >= 11 is 0. The summed E-state index contributed by atoms with van der Waals surface area (Å²) in [7, 11) is 0. The van der Waals surface area contributed by atoms with Crippen LogP contribution in [0, 0.1) is 6.92 Å². The van der Waals surface area contributed by atoms with Crippen molar-refractivity contribution >= 4 is 5.65 Å². The Morgan fingerprint density at radius 3 is 1.93 bits per heavy atom. The molecular formula is C37H38N2O6. The van der Waals surface area contributed by atoms with Gasteiger partial charge in [-0.15, -0.1) is 0 Å². The predicted molar refractivity (Wildman–Crippen MR) is 171 cm³/mol. The lowest BCUT2D eigenvalue weighted by Crippen LogP contribution is -2.38. The van der Waals surface area contributed by atoms with Gasteiger partial charge in [-0.25, -0.2) is 0 Å². The smallest absolute Gasteiger partial charge is 0.267 e. The van der Waals surface area contributed by atoms with Gasteiger partial charge in [-0.05, 0) is 42.2 Å². The van der Waals surface area contributed by atoms with Gasteiger partial charge in [-0.1, -0.05) is 97.1 Å². The van der Waals surface area contributed by atoms with Gasteiger partial charge in [0.2, 0.25) is 5.88 Å². The maximum absolute atomic E-state index is 14.2. The minimum absolute atomic E-state index is 0.238. The van der Waals surface area contributed by atoms with Crippen molar-refractivity contribution in [1.29, 1.82) is 0 Å². The van der Waals surface area contributed by atoms with Crippen molar-refractivity contribution in [2.75, 3.05) is 13.2 Å². The van der Waals surface area contributed by atoms with E-state index in [1.165, 1.54) is 0 Å². The van der Waals surface area contributed by atoms with Crippen LogP contribution >= 0.6 is 0 Å². The highest BCUT2D eigenvalue weighted by Crippen LogP contribution is 2.40. The molecule has 8 heteroatoms. The molecule has 2 aromatic heterocycles. The summed E-state index contributed by atoms with van der Waals surface area (Å²) in [6, 6.07) is 33.6. The summed E-state index contributed by atoms with van der Waals surface area (Å²) in [5.74, 6) is 0.239. The van der Waals surface area contributed by atoms with Crippen LogP contribution in [0.4, 0.5) is 0 Å². The second-order valence-electron chi connectivity index (χ2n) is 11.1.